The molecule has 0 aliphatic carbocycles. The highest BCUT2D eigenvalue weighted by atomic mass is 19.4. The maximum atomic E-state index is 13.4. The predicted molar refractivity (Wildman–Crippen MR) is 94.2 cm³/mol. The van der Waals surface area contributed by atoms with Crippen LogP contribution < -0.4 is 5.32 Å². The van der Waals surface area contributed by atoms with Gasteiger partial charge < -0.3 is 5.32 Å². The highest BCUT2D eigenvalue weighted by Gasteiger charge is 2.40. The van der Waals surface area contributed by atoms with Crippen molar-refractivity contribution in [1.82, 2.24) is 15.1 Å². The molecular formula is C19H24F3N3O. The van der Waals surface area contributed by atoms with Crippen LogP contribution in [0.15, 0.2) is 30.5 Å². The molecule has 0 unspecified atom stereocenters. The first-order valence-corrected chi connectivity index (χ1v) is 8.43. The van der Waals surface area contributed by atoms with Crippen molar-refractivity contribution in [3.63, 3.8) is 0 Å². The Morgan fingerprint density at radius 2 is 1.77 bits per heavy atom. The van der Waals surface area contributed by atoms with Crippen molar-refractivity contribution in [3.8, 4) is 0 Å². The normalized spacial score (nSPS) is 12.5. The lowest BCUT2D eigenvalue weighted by molar-refractivity contribution is -0.145. The zero-order valence-electron chi connectivity index (χ0n) is 15.6. The minimum absolute atomic E-state index is 0.207. The molecule has 0 atom stereocenters. The van der Waals surface area contributed by atoms with Crippen LogP contribution in [0.2, 0.25) is 0 Å². The Hall–Kier alpha value is -2.31. The smallest absolute Gasteiger partial charge is 0.351 e. The van der Waals surface area contributed by atoms with Gasteiger partial charge in [-0.15, -0.1) is 0 Å². The van der Waals surface area contributed by atoms with Crippen molar-refractivity contribution in [3.05, 3.63) is 52.8 Å². The van der Waals surface area contributed by atoms with E-state index < -0.39 is 34.8 Å². The summed E-state index contributed by atoms with van der Waals surface area (Å²) in [4.78, 5) is 12.4. The minimum atomic E-state index is -4.65. The molecule has 1 aromatic heterocycles. The molecule has 0 saturated carbocycles. The minimum Gasteiger partial charge on any atom is -0.351 e. The zero-order valence-corrected chi connectivity index (χ0v) is 15.6. The lowest BCUT2D eigenvalue weighted by atomic mass is 9.84. The van der Waals surface area contributed by atoms with Gasteiger partial charge in [0.25, 0.3) is 5.91 Å². The van der Waals surface area contributed by atoms with E-state index in [1.165, 1.54) is 0 Å². The van der Waals surface area contributed by atoms with E-state index in [4.69, 9.17) is 0 Å². The molecule has 0 fully saturated rings. The molecule has 0 aliphatic rings. The van der Waals surface area contributed by atoms with Crippen LogP contribution >= 0.6 is 0 Å². The Bertz CT molecular complexity index is 774. The van der Waals surface area contributed by atoms with Gasteiger partial charge in [0, 0.05) is 18.0 Å². The van der Waals surface area contributed by atoms with Crippen LogP contribution in [-0.4, -0.2) is 22.2 Å². The highest BCUT2D eigenvalue weighted by Crippen LogP contribution is 2.33. The molecule has 26 heavy (non-hydrogen) atoms. The summed E-state index contributed by atoms with van der Waals surface area (Å²) in [6, 6.07) is 7.34. The van der Waals surface area contributed by atoms with Gasteiger partial charge >= 0.3 is 6.18 Å². The highest BCUT2D eigenvalue weighted by molar-refractivity contribution is 5.95. The van der Waals surface area contributed by atoms with Gasteiger partial charge in [-0.2, -0.15) is 18.3 Å². The van der Waals surface area contributed by atoms with Crippen LogP contribution in [0.25, 0.3) is 0 Å². The van der Waals surface area contributed by atoms with E-state index in [9.17, 15) is 18.0 Å². The van der Waals surface area contributed by atoms with Crippen LogP contribution in [0.4, 0.5) is 13.2 Å². The van der Waals surface area contributed by atoms with Gasteiger partial charge in [0.1, 0.15) is 0 Å². The first-order chi connectivity index (χ1) is 11.9. The predicted octanol–water partition coefficient (Wildman–Crippen LogP) is 4.50. The maximum absolute atomic E-state index is 13.4. The number of amides is 1. The fourth-order valence-electron chi connectivity index (χ4n) is 2.71. The summed E-state index contributed by atoms with van der Waals surface area (Å²) in [5.41, 5.74) is 0.223. The number of nitrogens with zero attached hydrogens (tertiary/aromatic N) is 2. The Kier molecular flexibility index (Phi) is 5.49. The topological polar surface area (TPSA) is 46.9 Å². The van der Waals surface area contributed by atoms with Crippen LogP contribution in [0.3, 0.4) is 0 Å². The van der Waals surface area contributed by atoms with Crippen molar-refractivity contribution in [1.29, 1.82) is 0 Å². The molecule has 2 aromatic rings. The van der Waals surface area contributed by atoms with Gasteiger partial charge in [-0.1, -0.05) is 43.7 Å². The van der Waals surface area contributed by atoms with Gasteiger partial charge in [0.05, 0.1) is 11.8 Å². The number of hydrogen-bond donors (Lipinski definition) is 1. The van der Waals surface area contributed by atoms with Crippen molar-refractivity contribution >= 4 is 5.91 Å². The molecular weight excluding hydrogens is 343 g/mol. The lowest BCUT2D eigenvalue weighted by Gasteiger charge is -2.26. The average Bonchev–Trinajstić information content (AvgIpc) is 2.98. The molecule has 7 heteroatoms. The van der Waals surface area contributed by atoms with Crippen LogP contribution in [0.1, 0.15) is 60.9 Å². The number of carbonyl (C=O) groups is 1. The van der Waals surface area contributed by atoms with Gasteiger partial charge in [-0.05, 0) is 26.3 Å². The molecule has 2 rings (SSSR count). The van der Waals surface area contributed by atoms with E-state index in [2.05, 4.69) is 10.4 Å². The van der Waals surface area contributed by atoms with Crippen molar-refractivity contribution in [2.24, 2.45) is 0 Å². The number of aryl methyl sites for hydroxylation is 1. The first-order valence-electron chi connectivity index (χ1n) is 8.43. The Morgan fingerprint density at radius 3 is 2.27 bits per heavy atom. The molecule has 0 bridgehead atoms. The molecule has 0 saturated heterocycles. The third-order valence-electron chi connectivity index (χ3n) is 4.32. The summed E-state index contributed by atoms with van der Waals surface area (Å²) < 4.78 is 41.0. The Labute approximate surface area is 151 Å². The molecule has 1 amide bonds. The standard InChI is InChI=1S/C19H24F3N3O/c1-12(2)25-16(19(20,21)22)15(10-24-25)17(26)23-11-18(4,5)14-8-6-13(3)7-9-14/h6-10,12H,11H2,1-5H3,(H,23,26). The molecule has 142 valence electrons. The van der Waals surface area contributed by atoms with Gasteiger partial charge in [0.15, 0.2) is 5.69 Å². The van der Waals surface area contributed by atoms with E-state index in [1.54, 1.807) is 13.8 Å². The van der Waals surface area contributed by atoms with Crippen molar-refractivity contribution in [2.45, 2.75) is 52.3 Å². The maximum Gasteiger partial charge on any atom is 0.433 e. The number of benzene rings is 1. The molecule has 0 spiro atoms. The molecule has 1 heterocycles. The van der Waals surface area contributed by atoms with Gasteiger partial charge in [-0.3, -0.25) is 9.48 Å². The monoisotopic (exact) mass is 367 g/mol. The molecule has 1 aromatic carbocycles. The zero-order chi connectivity index (χ0) is 19.7. The van der Waals surface area contributed by atoms with E-state index in [1.807, 2.05) is 45.0 Å². The summed E-state index contributed by atoms with van der Waals surface area (Å²) in [6.07, 6.45) is -3.67. The molecule has 4 nitrogen and oxygen atoms in total. The van der Waals surface area contributed by atoms with Crippen LogP contribution in [0.5, 0.6) is 0 Å². The van der Waals surface area contributed by atoms with Crippen LogP contribution in [0, 0.1) is 6.92 Å². The Morgan fingerprint density at radius 1 is 1.19 bits per heavy atom. The van der Waals surface area contributed by atoms with E-state index >= 15 is 0 Å². The number of hydrogen-bond acceptors (Lipinski definition) is 2. The van der Waals surface area contributed by atoms with E-state index in [0.29, 0.717) is 0 Å². The van der Waals surface area contributed by atoms with E-state index in [-0.39, 0.29) is 6.54 Å². The quantitative estimate of drug-likeness (QED) is 0.846. The molecule has 0 aliphatic heterocycles. The third kappa shape index (κ3) is 4.26. The largest absolute Gasteiger partial charge is 0.433 e. The number of carbonyl (C=O) groups excluding carboxylic acids is 1. The first kappa shape index (κ1) is 20.0. The fraction of sp³-hybridized carbons (Fsp3) is 0.474. The third-order valence-corrected chi connectivity index (χ3v) is 4.32. The molecule has 1 N–H and O–H groups in total. The molecule has 0 radical (unpaired) electrons. The van der Waals surface area contributed by atoms with Crippen LogP contribution in [-0.2, 0) is 11.6 Å². The second-order valence-electron chi connectivity index (χ2n) is 7.38. The number of aromatic nitrogens is 2. The van der Waals surface area contributed by atoms with E-state index in [0.717, 1.165) is 22.0 Å². The van der Waals surface area contributed by atoms with Crippen molar-refractivity contribution in [2.75, 3.05) is 6.54 Å². The number of rotatable bonds is 5. The van der Waals surface area contributed by atoms with Crippen molar-refractivity contribution < 1.29 is 18.0 Å². The number of nitrogens with one attached hydrogen (secondary N) is 1. The SMILES string of the molecule is Cc1ccc(C(C)(C)CNC(=O)c2cnn(C(C)C)c2C(F)(F)F)cc1. The van der Waals surface area contributed by atoms with Gasteiger partial charge in [-0.25, -0.2) is 0 Å². The summed E-state index contributed by atoms with van der Waals surface area (Å²) in [5, 5.41) is 6.38. The van der Waals surface area contributed by atoms with Gasteiger partial charge in [0.2, 0.25) is 0 Å². The summed E-state index contributed by atoms with van der Waals surface area (Å²) in [5.74, 6) is -0.774. The number of alkyl halides is 3. The summed E-state index contributed by atoms with van der Waals surface area (Å²) >= 11 is 0. The fourth-order valence-corrected chi connectivity index (χ4v) is 2.71. The second kappa shape index (κ2) is 7.13. The lowest BCUT2D eigenvalue weighted by Crippen LogP contribution is -2.37. The Balaban J connectivity index is 2.21. The average molecular weight is 367 g/mol. The second-order valence-corrected chi connectivity index (χ2v) is 7.38. The summed E-state index contributed by atoms with van der Waals surface area (Å²) in [6.45, 7) is 9.22. The summed E-state index contributed by atoms with van der Waals surface area (Å²) in [7, 11) is 0. The number of halogens is 3.